The summed E-state index contributed by atoms with van der Waals surface area (Å²) in [5.74, 6) is -0.729. The maximum Gasteiger partial charge on any atom is 0.329 e. The highest BCUT2D eigenvalue weighted by atomic mass is 32.2. The Kier molecular flexibility index (Phi) is 8.12. The predicted octanol–water partition coefficient (Wildman–Crippen LogP) is 2.13. The van der Waals surface area contributed by atoms with Gasteiger partial charge in [0.1, 0.15) is 11.6 Å². The number of thiol groups is 2. The number of ether oxygens (including phenoxy) is 1. The lowest BCUT2D eigenvalue weighted by molar-refractivity contribution is -0.158. The Hall–Kier alpha value is -1.18. The number of rotatable bonds is 7. The summed E-state index contributed by atoms with van der Waals surface area (Å²) < 4.78 is 5.07. The van der Waals surface area contributed by atoms with Gasteiger partial charge in [-0.1, -0.05) is 30.3 Å². The van der Waals surface area contributed by atoms with Crippen molar-refractivity contribution >= 4 is 37.1 Å². The smallest absolute Gasteiger partial charge is 0.329 e. The van der Waals surface area contributed by atoms with Gasteiger partial charge in [-0.2, -0.15) is 0 Å². The summed E-state index contributed by atoms with van der Waals surface area (Å²) in [6.07, 6.45) is 0.371. The third-order valence-electron chi connectivity index (χ3n) is 3.10. The number of nitrogens with one attached hydrogen (secondary N) is 1. The maximum absolute atomic E-state index is 12.4. The van der Waals surface area contributed by atoms with Gasteiger partial charge in [0.2, 0.25) is 5.91 Å². The summed E-state index contributed by atoms with van der Waals surface area (Å²) in [6.45, 7) is 5.48. The van der Waals surface area contributed by atoms with E-state index in [4.69, 9.17) is 4.74 Å². The predicted molar refractivity (Wildman–Crippen MR) is 102 cm³/mol. The SMILES string of the molecule is CN(CC(=O)NC(Cc1ccccc1)C(=O)OC(C)(C)C)C(S)S. The highest BCUT2D eigenvalue weighted by molar-refractivity contribution is 7.99. The van der Waals surface area contributed by atoms with Crippen LogP contribution in [0.25, 0.3) is 0 Å². The summed E-state index contributed by atoms with van der Waals surface area (Å²) in [7, 11) is 1.73. The highest BCUT2D eigenvalue weighted by Crippen LogP contribution is 2.12. The van der Waals surface area contributed by atoms with Gasteiger partial charge in [-0.05, 0) is 33.4 Å². The molecule has 134 valence electrons. The molecule has 0 aliphatic carbocycles. The van der Waals surface area contributed by atoms with Crippen LogP contribution in [0.15, 0.2) is 30.3 Å². The van der Waals surface area contributed by atoms with Crippen LogP contribution in [0.5, 0.6) is 0 Å². The van der Waals surface area contributed by atoms with E-state index >= 15 is 0 Å². The van der Waals surface area contributed by atoms with Crippen molar-refractivity contribution in [3.8, 4) is 0 Å². The van der Waals surface area contributed by atoms with Crippen LogP contribution in [0, 0.1) is 0 Å². The van der Waals surface area contributed by atoms with E-state index in [1.165, 1.54) is 0 Å². The average Bonchev–Trinajstić information content (AvgIpc) is 2.45. The first-order valence-corrected chi connectivity index (χ1v) is 8.74. The molecule has 0 spiro atoms. The van der Waals surface area contributed by atoms with E-state index in [2.05, 4.69) is 30.6 Å². The molecule has 1 atom stereocenters. The van der Waals surface area contributed by atoms with Gasteiger partial charge >= 0.3 is 5.97 Å². The van der Waals surface area contributed by atoms with Gasteiger partial charge in [-0.15, -0.1) is 25.3 Å². The van der Waals surface area contributed by atoms with Crippen LogP contribution in [-0.4, -0.2) is 46.7 Å². The second kappa shape index (κ2) is 9.34. The second-order valence-corrected chi connectivity index (χ2v) is 7.99. The first-order valence-electron chi connectivity index (χ1n) is 7.71. The summed E-state index contributed by atoms with van der Waals surface area (Å²) in [6, 6.07) is 8.76. The number of nitrogens with zero attached hydrogens (tertiary/aromatic N) is 1. The highest BCUT2D eigenvalue weighted by Gasteiger charge is 2.27. The monoisotopic (exact) mass is 370 g/mol. The zero-order valence-electron chi connectivity index (χ0n) is 14.5. The molecule has 0 saturated carbocycles. The van der Waals surface area contributed by atoms with E-state index < -0.39 is 17.6 Å². The van der Waals surface area contributed by atoms with Crippen LogP contribution in [0.1, 0.15) is 26.3 Å². The van der Waals surface area contributed by atoms with E-state index in [9.17, 15) is 9.59 Å². The fourth-order valence-electron chi connectivity index (χ4n) is 1.96. The van der Waals surface area contributed by atoms with Gasteiger partial charge < -0.3 is 10.1 Å². The molecule has 1 aromatic rings. The number of amides is 1. The molecule has 1 rings (SSSR count). The second-order valence-electron chi connectivity index (χ2n) is 6.60. The maximum atomic E-state index is 12.4. The number of carbonyl (C=O) groups excluding carboxylic acids is 2. The third kappa shape index (κ3) is 8.08. The molecule has 1 amide bonds. The average molecular weight is 371 g/mol. The van der Waals surface area contributed by atoms with Crippen molar-refractivity contribution < 1.29 is 14.3 Å². The van der Waals surface area contributed by atoms with Crippen molar-refractivity contribution in [2.24, 2.45) is 0 Å². The molecule has 0 heterocycles. The Morgan fingerprint density at radius 2 is 1.79 bits per heavy atom. The molecule has 0 bridgehead atoms. The zero-order valence-corrected chi connectivity index (χ0v) is 16.3. The molecule has 1 N–H and O–H groups in total. The minimum atomic E-state index is -0.745. The molecule has 0 fully saturated rings. The Morgan fingerprint density at radius 1 is 1.21 bits per heavy atom. The summed E-state index contributed by atoms with van der Waals surface area (Å²) in [4.78, 5) is 26.3. The molecule has 0 radical (unpaired) electrons. The van der Waals surface area contributed by atoms with E-state index in [1.807, 2.05) is 30.3 Å². The zero-order chi connectivity index (χ0) is 18.3. The van der Waals surface area contributed by atoms with Crippen LogP contribution in [0.4, 0.5) is 0 Å². The number of hydrogen-bond donors (Lipinski definition) is 3. The fraction of sp³-hybridized carbons (Fsp3) is 0.529. The van der Waals surface area contributed by atoms with Crippen molar-refractivity contribution in [1.82, 2.24) is 10.2 Å². The van der Waals surface area contributed by atoms with Gasteiger partial charge in [0, 0.05) is 6.42 Å². The van der Waals surface area contributed by atoms with Crippen molar-refractivity contribution in [3.05, 3.63) is 35.9 Å². The van der Waals surface area contributed by atoms with Gasteiger partial charge in [-0.25, -0.2) is 4.79 Å². The fourth-order valence-corrected chi connectivity index (χ4v) is 2.13. The molecule has 24 heavy (non-hydrogen) atoms. The topological polar surface area (TPSA) is 58.6 Å². The first-order chi connectivity index (χ1) is 11.1. The van der Waals surface area contributed by atoms with E-state index in [0.717, 1.165) is 5.56 Å². The van der Waals surface area contributed by atoms with Crippen molar-refractivity contribution in [2.75, 3.05) is 13.6 Å². The molecule has 5 nitrogen and oxygen atoms in total. The van der Waals surface area contributed by atoms with E-state index in [0.29, 0.717) is 6.42 Å². The lowest BCUT2D eigenvalue weighted by Gasteiger charge is -2.26. The van der Waals surface area contributed by atoms with Crippen LogP contribution in [0.2, 0.25) is 0 Å². The normalized spacial score (nSPS) is 13.0. The summed E-state index contributed by atoms with van der Waals surface area (Å²) in [5, 5.41) is 2.75. The Bertz CT molecular complexity index is 545. The number of esters is 1. The van der Waals surface area contributed by atoms with Crippen LogP contribution >= 0.6 is 25.3 Å². The number of benzene rings is 1. The Morgan fingerprint density at radius 3 is 2.29 bits per heavy atom. The summed E-state index contributed by atoms with van der Waals surface area (Å²) in [5.41, 5.74) is 0.331. The minimum Gasteiger partial charge on any atom is -0.458 e. The van der Waals surface area contributed by atoms with Gasteiger partial charge in [-0.3, -0.25) is 9.69 Å². The number of carbonyl (C=O) groups is 2. The van der Waals surface area contributed by atoms with Gasteiger partial charge in [0.05, 0.1) is 11.3 Å². The van der Waals surface area contributed by atoms with Crippen molar-refractivity contribution in [3.63, 3.8) is 0 Å². The van der Waals surface area contributed by atoms with Crippen LogP contribution < -0.4 is 5.32 Å². The third-order valence-corrected chi connectivity index (χ3v) is 3.88. The molecular weight excluding hydrogens is 344 g/mol. The minimum absolute atomic E-state index is 0.0890. The summed E-state index contributed by atoms with van der Waals surface area (Å²) >= 11 is 8.31. The Balaban J connectivity index is 2.80. The van der Waals surface area contributed by atoms with E-state index in [1.54, 1.807) is 32.7 Å². The standard InChI is InChI=1S/C17H26N2O3S2/c1-17(2,3)22-15(21)13(10-12-8-6-5-7-9-12)18-14(20)11-19(4)16(23)24/h5-9,13,16,23-24H,10-11H2,1-4H3,(H,18,20). The van der Waals surface area contributed by atoms with E-state index in [-0.39, 0.29) is 17.2 Å². The number of hydrogen-bond acceptors (Lipinski definition) is 6. The molecule has 0 aliphatic heterocycles. The molecule has 1 aromatic carbocycles. The molecule has 1 unspecified atom stereocenters. The molecular formula is C17H26N2O3S2. The quantitative estimate of drug-likeness (QED) is 0.391. The van der Waals surface area contributed by atoms with Gasteiger partial charge in [0.25, 0.3) is 0 Å². The Labute approximate surface area is 155 Å². The first kappa shape index (κ1) is 20.9. The molecule has 0 aromatic heterocycles. The van der Waals surface area contributed by atoms with Crippen molar-refractivity contribution in [2.45, 2.75) is 43.5 Å². The lowest BCUT2D eigenvalue weighted by atomic mass is 10.1. The van der Waals surface area contributed by atoms with Crippen LogP contribution in [-0.2, 0) is 20.7 Å². The number of likely N-dealkylation sites (N-methyl/N-ethyl adjacent to an activating group) is 1. The molecule has 0 aliphatic rings. The van der Waals surface area contributed by atoms with Gasteiger partial charge in [0.15, 0.2) is 0 Å². The van der Waals surface area contributed by atoms with Crippen molar-refractivity contribution in [1.29, 1.82) is 0 Å². The van der Waals surface area contributed by atoms with Crippen LogP contribution in [0.3, 0.4) is 0 Å². The molecule has 7 heteroatoms. The largest absolute Gasteiger partial charge is 0.458 e. The lowest BCUT2D eigenvalue weighted by Crippen LogP contribution is -2.48. The molecule has 0 saturated heterocycles.